The number of anilines is 1. The zero-order chi connectivity index (χ0) is 13.0. The third-order valence-corrected chi connectivity index (χ3v) is 3.94. The third kappa shape index (κ3) is 2.91. The summed E-state index contributed by atoms with van der Waals surface area (Å²) in [6, 6.07) is 5.19. The summed E-state index contributed by atoms with van der Waals surface area (Å²) in [4.78, 5) is 0. The second kappa shape index (κ2) is 6.01. The Balaban J connectivity index is 2.04. The largest absolute Gasteiger partial charge is 0.382 e. The smallest absolute Gasteiger partial charge is 0.161 e. The maximum absolute atomic E-state index is 13.9. The van der Waals surface area contributed by atoms with Crippen LogP contribution in [0.15, 0.2) is 28.8 Å². The number of allylic oxidation sites excluding steroid dienone is 2. The summed E-state index contributed by atoms with van der Waals surface area (Å²) in [5.41, 5.74) is 0.772. The molecule has 2 nitrogen and oxygen atoms in total. The lowest BCUT2D eigenvalue weighted by Crippen LogP contribution is -2.16. The predicted molar refractivity (Wildman–Crippen MR) is 73.8 cm³/mol. The van der Waals surface area contributed by atoms with E-state index in [0.29, 0.717) is 17.2 Å². The van der Waals surface area contributed by atoms with Crippen LogP contribution >= 0.6 is 15.9 Å². The molecular weight excluding hydrogens is 295 g/mol. The summed E-state index contributed by atoms with van der Waals surface area (Å²) in [6.07, 6.45) is 7.66. The average molecular weight is 309 g/mol. The summed E-state index contributed by atoms with van der Waals surface area (Å²) in [7, 11) is 0. The number of nitrogens with one attached hydrogen (secondary N) is 1. The molecule has 0 saturated carbocycles. The van der Waals surface area contributed by atoms with E-state index in [0.717, 1.165) is 25.8 Å². The quantitative estimate of drug-likeness (QED) is 0.848. The molecule has 0 aromatic heterocycles. The van der Waals surface area contributed by atoms with Gasteiger partial charge in [-0.05, 0) is 53.2 Å². The van der Waals surface area contributed by atoms with Gasteiger partial charge in [-0.1, -0.05) is 12.2 Å². The van der Waals surface area contributed by atoms with Crippen molar-refractivity contribution in [3.63, 3.8) is 0 Å². The fraction of sp³-hybridized carbons (Fsp3) is 0.357. The highest BCUT2D eigenvalue weighted by Crippen LogP contribution is 2.27. The molecule has 94 valence electrons. The van der Waals surface area contributed by atoms with Gasteiger partial charge in [0.2, 0.25) is 0 Å². The van der Waals surface area contributed by atoms with E-state index in [-0.39, 0.29) is 10.3 Å². The van der Waals surface area contributed by atoms with Crippen molar-refractivity contribution in [3.8, 4) is 6.07 Å². The molecule has 0 bridgehead atoms. The molecule has 0 spiro atoms. The molecule has 1 unspecified atom stereocenters. The van der Waals surface area contributed by atoms with Crippen LogP contribution in [0, 0.1) is 23.1 Å². The Morgan fingerprint density at radius 1 is 1.44 bits per heavy atom. The molecule has 0 aliphatic heterocycles. The topological polar surface area (TPSA) is 35.8 Å². The zero-order valence-electron chi connectivity index (χ0n) is 9.92. The van der Waals surface area contributed by atoms with Gasteiger partial charge in [-0.15, -0.1) is 0 Å². The first-order chi connectivity index (χ1) is 8.72. The summed E-state index contributed by atoms with van der Waals surface area (Å²) in [5, 5.41) is 11.9. The zero-order valence-corrected chi connectivity index (χ0v) is 11.5. The van der Waals surface area contributed by atoms with E-state index in [9.17, 15) is 4.39 Å². The first kappa shape index (κ1) is 13.1. The maximum atomic E-state index is 13.9. The molecule has 0 radical (unpaired) electrons. The molecule has 18 heavy (non-hydrogen) atoms. The van der Waals surface area contributed by atoms with Crippen LogP contribution in [0.5, 0.6) is 0 Å². The molecular formula is C14H14BrFN2. The lowest BCUT2D eigenvalue weighted by atomic mass is 9.94. The molecule has 1 aromatic carbocycles. The Morgan fingerprint density at radius 2 is 2.28 bits per heavy atom. The molecule has 4 heteroatoms. The standard InChI is InChI=1S/C14H14BrFN2/c15-13-11(8-17)6-7-12(14(13)16)18-9-10-4-2-1-3-5-10/h1-2,6-7,10,18H,3-5,9H2. The highest BCUT2D eigenvalue weighted by molar-refractivity contribution is 9.10. The van der Waals surface area contributed by atoms with Crippen molar-refractivity contribution in [3.05, 3.63) is 40.1 Å². The molecule has 2 rings (SSSR count). The van der Waals surface area contributed by atoms with Crippen LogP contribution < -0.4 is 5.32 Å². The Labute approximate surface area is 115 Å². The fourth-order valence-corrected chi connectivity index (χ4v) is 2.50. The van der Waals surface area contributed by atoms with Gasteiger partial charge in [0.25, 0.3) is 0 Å². The van der Waals surface area contributed by atoms with Gasteiger partial charge < -0.3 is 5.32 Å². The predicted octanol–water partition coefficient (Wildman–Crippen LogP) is 4.23. The number of nitrogens with zero attached hydrogens (tertiary/aromatic N) is 1. The minimum atomic E-state index is -0.389. The van der Waals surface area contributed by atoms with E-state index in [1.54, 1.807) is 12.1 Å². The van der Waals surface area contributed by atoms with Gasteiger partial charge in [0.05, 0.1) is 15.7 Å². The van der Waals surface area contributed by atoms with Gasteiger partial charge in [0.1, 0.15) is 6.07 Å². The fourth-order valence-electron chi connectivity index (χ4n) is 2.07. The third-order valence-electron chi connectivity index (χ3n) is 3.16. The number of rotatable bonds is 3. The van der Waals surface area contributed by atoms with Crippen LogP contribution in [0.25, 0.3) is 0 Å². The van der Waals surface area contributed by atoms with Gasteiger partial charge >= 0.3 is 0 Å². The van der Waals surface area contributed by atoms with Crippen LogP contribution in [0.1, 0.15) is 24.8 Å². The van der Waals surface area contributed by atoms with E-state index in [1.165, 1.54) is 0 Å². The molecule has 1 aliphatic rings. The van der Waals surface area contributed by atoms with Crippen LogP contribution in [-0.2, 0) is 0 Å². The molecule has 0 heterocycles. The highest BCUT2D eigenvalue weighted by Gasteiger charge is 2.13. The van der Waals surface area contributed by atoms with Gasteiger partial charge in [-0.2, -0.15) is 5.26 Å². The van der Waals surface area contributed by atoms with Crippen LogP contribution in [0.2, 0.25) is 0 Å². The summed E-state index contributed by atoms with van der Waals surface area (Å²) >= 11 is 3.11. The van der Waals surface area contributed by atoms with Crippen molar-refractivity contribution in [1.82, 2.24) is 0 Å². The minimum Gasteiger partial charge on any atom is -0.382 e. The van der Waals surface area contributed by atoms with Gasteiger partial charge in [0.15, 0.2) is 5.82 Å². The molecule has 0 amide bonds. The van der Waals surface area contributed by atoms with Crippen molar-refractivity contribution in [1.29, 1.82) is 5.26 Å². The van der Waals surface area contributed by atoms with E-state index < -0.39 is 0 Å². The van der Waals surface area contributed by atoms with Crippen molar-refractivity contribution < 1.29 is 4.39 Å². The van der Waals surface area contributed by atoms with E-state index in [2.05, 4.69) is 33.4 Å². The Kier molecular flexibility index (Phi) is 4.38. The molecule has 1 aromatic rings. The van der Waals surface area contributed by atoms with Crippen molar-refractivity contribution in [2.45, 2.75) is 19.3 Å². The van der Waals surface area contributed by atoms with E-state index in [4.69, 9.17) is 5.26 Å². The van der Waals surface area contributed by atoms with Crippen LogP contribution in [-0.4, -0.2) is 6.54 Å². The van der Waals surface area contributed by atoms with Gasteiger partial charge in [-0.3, -0.25) is 0 Å². The van der Waals surface area contributed by atoms with Gasteiger partial charge in [-0.25, -0.2) is 4.39 Å². The number of hydrogen-bond donors (Lipinski definition) is 1. The lowest BCUT2D eigenvalue weighted by molar-refractivity contribution is 0.502. The van der Waals surface area contributed by atoms with Crippen molar-refractivity contribution >= 4 is 21.6 Å². The molecule has 1 aliphatic carbocycles. The first-order valence-electron chi connectivity index (χ1n) is 5.99. The van der Waals surface area contributed by atoms with Gasteiger partial charge in [0, 0.05) is 6.54 Å². The average Bonchev–Trinajstić information content (AvgIpc) is 2.42. The normalized spacial score (nSPS) is 18.4. The molecule has 1 N–H and O–H groups in total. The second-order valence-electron chi connectivity index (χ2n) is 4.43. The van der Waals surface area contributed by atoms with Crippen molar-refractivity contribution in [2.24, 2.45) is 5.92 Å². The Bertz CT molecular complexity index is 505. The van der Waals surface area contributed by atoms with Crippen LogP contribution in [0.4, 0.5) is 10.1 Å². The number of hydrogen-bond acceptors (Lipinski definition) is 2. The highest BCUT2D eigenvalue weighted by atomic mass is 79.9. The lowest BCUT2D eigenvalue weighted by Gasteiger charge is -2.19. The summed E-state index contributed by atoms with van der Waals surface area (Å²) in [6.45, 7) is 0.763. The minimum absolute atomic E-state index is 0.235. The molecule has 1 atom stereocenters. The number of nitriles is 1. The van der Waals surface area contributed by atoms with E-state index >= 15 is 0 Å². The second-order valence-corrected chi connectivity index (χ2v) is 5.22. The first-order valence-corrected chi connectivity index (χ1v) is 6.78. The molecule has 0 fully saturated rings. The van der Waals surface area contributed by atoms with Crippen molar-refractivity contribution in [2.75, 3.05) is 11.9 Å². The number of benzene rings is 1. The van der Waals surface area contributed by atoms with Crippen LogP contribution in [0.3, 0.4) is 0 Å². The summed E-state index contributed by atoms with van der Waals surface area (Å²) < 4.78 is 14.2. The Hall–Kier alpha value is -1.34. The summed E-state index contributed by atoms with van der Waals surface area (Å²) in [5.74, 6) is 0.171. The maximum Gasteiger partial charge on any atom is 0.161 e. The Morgan fingerprint density at radius 3 is 2.94 bits per heavy atom. The monoisotopic (exact) mass is 308 g/mol. The van der Waals surface area contributed by atoms with E-state index in [1.807, 2.05) is 6.07 Å². The SMILES string of the molecule is N#Cc1ccc(NCC2CC=CCC2)c(F)c1Br. The molecule has 0 saturated heterocycles. The number of halogens is 2.